The Bertz CT molecular complexity index is 668. The first-order chi connectivity index (χ1) is 11.7. The normalized spacial score (nSPS) is 10.2. The Morgan fingerprint density at radius 1 is 0.958 bits per heavy atom. The molecule has 0 aliphatic carbocycles. The molecule has 126 valence electrons. The number of carbonyl (C=O) groups excluding carboxylic acids is 2. The molecule has 0 atom stereocenters. The standard InChI is InChI=1S/C20H23NO3/c1-2-15-24-20(23)14-8-13-19(22)21-18-12-7-6-11-17(18)16-9-4-3-5-10-16/h3-7,9-12H,2,8,13-15H2,1H3,(H,21,22). The lowest BCUT2D eigenvalue weighted by molar-refractivity contribution is -0.143. The van der Waals surface area contributed by atoms with Gasteiger partial charge in [0.25, 0.3) is 0 Å². The fourth-order valence-corrected chi connectivity index (χ4v) is 2.36. The number of ether oxygens (including phenoxy) is 1. The summed E-state index contributed by atoms with van der Waals surface area (Å²) in [5, 5.41) is 2.93. The third kappa shape index (κ3) is 5.54. The van der Waals surface area contributed by atoms with E-state index in [1.54, 1.807) is 0 Å². The molecule has 0 aliphatic rings. The van der Waals surface area contributed by atoms with E-state index in [4.69, 9.17) is 4.74 Å². The first-order valence-electron chi connectivity index (χ1n) is 8.30. The fraction of sp³-hybridized carbons (Fsp3) is 0.300. The average molecular weight is 325 g/mol. The maximum atomic E-state index is 12.1. The van der Waals surface area contributed by atoms with Gasteiger partial charge in [0.2, 0.25) is 5.91 Å². The quantitative estimate of drug-likeness (QED) is 0.731. The van der Waals surface area contributed by atoms with Crippen LogP contribution in [-0.2, 0) is 14.3 Å². The van der Waals surface area contributed by atoms with Crippen molar-refractivity contribution in [1.82, 2.24) is 0 Å². The van der Waals surface area contributed by atoms with Crippen LogP contribution in [0.25, 0.3) is 11.1 Å². The molecule has 1 N–H and O–H groups in total. The van der Waals surface area contributed by atoms with Crippen LogP contribution in [0.5, 0.6) is 0 Å². The van der Waals surface area contributed by atoms with Crippen molar-refractivity contribution < 1.29 is 14.3 Å². The van der Waals surface area contributed by atoms with Crippen molar-refractivity contribution in [3.63, 3.8) is 0 Å². The molecule has 0 saturated heterocycles. The molecule has 0 unspecified atom stereocenters. The lowest BCUT2D eigenvalue weighted by atomic mass is 10.0. The van der Waals surface area contributed by atoms with E-state index in [-0.39, 0.29) is 18.3 Å². The predicted molar refractivity (Wildman–Crippen MR) is 95.6 cm³/mol. The van der Waals surface area contributed by atoms with Gasteiger partial charge in [0, 0.05) is 24.1 Å². The van der Waals surface area contributed by atoms with E-state index in [1.807, 2.05) is 61.5 Å². The van der Waals surface area contributed by atoms with E-state index < -0.39 is 0 Å². The molecule has 0 aliphatic heterocycles. The summed E-state index contributed by atoms with van der Waals surface area (Å²) in [6, 6.07) is 17.6. The minimum Gasteiger partial charge on any atom is -0.466 e. The van der Waals surface area contributed by atoms with Crippen LogP contribution in [0.1, 0.15) is 32.6 Å². The highest BCUT2D eigenvalue weighted by atomic mass is 16.5. The van der Waals surface area contributed by atoms with Crippen molar-refractivity contribution in [1.29, 1.82) is 0 Å². The van der Waals surface area contributed by atoms with Gasteiger partial charge in [0.05, 0.1) is 6.61 Å². The Labute approximate surface area is 142 Å². The maximum absolute atomic E-state index is 12.1. The minimum atomic E-state index is -0.241. The number of benzene rings is 2. The molecule has 0 fully saturated rings. The van der Waals surface area contributed by atoms with Gasteiger partial charge < -0.3 is 10.1 Å². The number of esters is 1. The van der Waals surface area contributed by atoms with Crippen LogP contribution in [0, 0.1) is 0 Å². The molecular weight excluding hydrogens is 302 g/mol. The Hall–Kier alpha value is -2.62. The first kappa shape index (κ1) is 17.7. The average Bonchev–Trinajstić information content (AvgIpc) is 2.61. The molecule has 4 heteroatoms. The van der Waals surface area contributed by atoms with Crippen LogP contribution >= 0.6 is 0 Å². The first-order valence-corrected chi connectivity index (χ1v) is 8.30. The summed E-state index contributed by atoms with van der Waals surface area (Å²) in [6.45, 7) is 2.39. The highest BCUT2D eigenvalue weighted by Gasteiger charge is 2.09. The zero-order valence-electron chi connectivity index (χ0n) is 14.0. The van der Waals surface area contributed by atoms with Crippen molar-refractivity contribution in [2.75, 3.05) is 11.9 Å². The van der Waals surface area contributed by atoms with Crippen molar-refractivity contribution in [3.8, 4) is 11.1 Å². The molecule has 0 spiro atoms. The number of hydrogen-bond acceptors (Lipinski definition) is 3. The molecule has 2 rings (SSSR count). The van der Waals surface area contributed by atoms with Crippen molar-refractivity contribution in [2.45, 2.75) is 32.6 Å². The van der Waals surface area contributed by atoms with Crippen LogP contribution in [0.2, 0.25) is 0 Å². The largest absolute Gasteiger partial charge is 0.466 e. The second kappa shape index (κ2) is 9.50. The van der Waals surface area contributed by atoms with Gasteiger partial charge in [-0.25, -0.2) is 0 Å². The minimum absolute atomic E-state index is 0.0957. The Balaban J connectivity index is 1.90. The summed E-state index contributed by atoms with van der Waals surface area (Å²) in [5.41, 5.74) is 2.81. The molecule has 0 radical (unpaired) electrons. The molecule has 0 aromatic heterocycles. The summed E-state index contributed by atoms with van der Waals surface area (Å²) < 4.78 is 5.00. The van der Waals surface area contributed by atoms with Gasteiger partial charge in [0.15, 0.2) is 0 Å². The number of rotatable bonds is 8. The molecule has 24 heavy (non-hydrogen) atoms. The van der Waals surface area contributed by atoms with E-state index in [9.17, 15) is 9.59 Å². The number of hydrogen-bond donors (Lipinski definition) is 1. The van der Waals surface area contributed by atoms with Crippen molar-refractivity contribution in [2.24, 2.45) is 0 Å². The summed E-state index contributed by atoms with van der Waals surface area (Å²) in [7, 11) is 0. The third-order valence-electron chi connectivity index (χ3n) is 3.54. The zero-order valence-corrected chi connectivity index (χ0v) is 14.0. The molecule has 1 amide bonds. The molecular formula is C20H23NO3. The van der Waals surface area contributed by atoms with Gasteiger partial charge >= 0.3 is 5.97 Å². The van der Waals surface area contributed by atoms with Crippen LogP contribution in [0.4, 0.5) is 5.69 Å². The second-order valence-corrected chi connectivity index (χ2v) is 5.53. The smallest absolute Gasteiger partial charge is 0.305 e. The number of nitrogens with one attached hydrogen (secondary N) is 1. The van der Waals surface area contributed by atoms with E-state index in [2.05, 4.69) is 5.32 Å². The van der Waals surface area contributed by atoms with Gasteiger partial charge in [-0.2, -0.15) is 0 Å². The third-order valence-corrected chi connectivity index (χ3v) is 3.54. The molecule has 4 nitrogen and oxygen atoms in total. The summed E-state index contributed by atoms with van der Waals surface area (Å²) >= 11 is 0. The summed E-state index contributed by atoms with van der Waals surface area (Å²) in [4.78, 5) is 23.6. The van der Waals surface area contributed by atoms with E-state index in [0.717, 1.165) is 23.2 Å². The van der Waals surface area contributed by atoms with Gasteiger partial charge in [-0.3, -0.25) is 9.59 Å². The number of anilines is 1. The zero-order chi connectivity index (χ0) is 17.2. The second-order valence-electron chi connectivity index (χ2n) is 5.53. The van der Waals surface area contributed by atoms with Crippen molar-refractivity contribution >= 4 is 17.6 Å². The van der Waals surface area contributed by atoms with Gasteiger partial charge in [0.1, 0.15) is 0 Å². The summed E-state index contributed by atoms with van der Waals surface area (Å²) in [5.74, 6) is -0.337. The van der Waals surface area contributed by atoms with Crippen LogP contribution in [0.3, 0.4) is 0 Å². The van der Waals surface area contributed by atoms with Crippen molar-refractivity contribution in [3.05, 3.63) is 54.6 Å². The summed E-state index contributed by atoms with van der Waals surface area (Å²) in [6.07, 6.45) is 1.86. The molecule has 2 aromatic rings. The highest BCUT2D eigenvalue weighted by Crippen LogP contribution is 2.27. The number of carbonyl (C=O) groups is 2. The van der Waals surface area contributed by atoms with E-state index >= 15 is 0 Å². The van der Waals surface area contributed by atoms with Crippen LogP contribution < -0.4 is 5.32 Å². The Kier molecular flexibility index (Phi) is 7.02. The van der Waals surface area contributed by atoms with Crippen LogP contribution in [-0.4, -0.2) is 18.5 Å². The number of amides is 1. The van der Waals surface area contributed by atoms with Gasteiger partial charge in [-0.15, -0.1) is 0 Å². The predicted octanol–water partition coefficient (Wildman–Crippen LogP) is 4.42. The SMILES string of the molecule is CCCOC(=O)CCCC(=O)Nc1ccccc1-c1ccccc1. The molecule has 0 saturated carbocycles. The highest BCUT2D eigenvalue weighted by molar-refractivity contribution is 5.95. The lowest BCUT2D eigenvalue weighted by Crippen LogP contribution is -2.13. The maximum Gasteiger partial charge on any atom is 0.305 e. The molecule has 2 aromatic carbocycles. The Morgan fingerprint density at radius 3 is 2.42 bits per heavy atom. The molecule has 0 heterocycles. The number of para-hydroxylation sites is 1. The van der Waals surface area contributed by atoms with E-state index in [1.165, 1.54) is 0 Å². The molecule has 0 bridgehead atoms. The fourth-order valence-electron chi connectivity index (χ4n) is 2.36. The monoisotopic (exact) mass is 325 g/mol. The lowest BCUT2D eigenvalue weighted by Gasteiger charge is -2.11. The van der Waals surface area contributed by atoms with E-state index in [0.29, 0.717) is 19.4 Å². The topological polar surface area (TPSA) is 55.4 Å². The van der Waals surface area contributed by atoms with Gasteiger partial charge in [-0.05, 0) is 24.5 Å². The van der Waals surface area contributed by atoms with Crippen LogP contribution in [0.15, 0.2) is 54.6 Å². The Morgan fingerprint density at radius 2 is 1.67 bits per heavy atom. The van der Waals surface area contributed by atoms with Gasteiger partial charge in [-0.1, -0.05) is 55.5 Å².